The summed E-state index contributed by atoms with van der Waals surface area (Å²) in [6.45, 7) is 1.04. The fraction of sp³-hybridized carbons (Fsp3) is 0.174. The third-order valence-electron chi connectivity index (χ3n) is 5.16. The highest BCUT2D eigenvalue weighted by atomic mass is 32.2. The maximum absolute atomic E-state index is 13.0. The number of sulfonamides is 1. The highest BCUT2D eigenvalue weighted by molar-refractivity contribution is 7.89. The van der Waals surface area contributed by atoms with Gasteiger partial charge in [-0.1, -0.05) is 30.3 Å². The van der Waals surface area contributed by atoms with Crippen LogP contribution in [-0.4, -0.2) is 71.9 Å². The van der Waals surface area contributed by atoms with Crippen LogP contribution in [0.1, 0.15) is 10.4 Å². The molecule has 0 aromatic heterocycles. The van der Waals surface area contributed by atoms with Crippen molar-refractivity contribution in [3.8, 4) is 0 Å². The molecule has 0 unspecified atom stereocenters. The summed E-state index contributed by atoms with van der Waals surface area (Å²) in [6, 6.07) is 18.1. The van der Waals surface area contributed by atoms with Crippen molar-refractivity contribution in [1.29, 1.82) is 0 Å². The molecule has 9 nitrogen and oxygen atoms in total. The van der Waals surface area contributed by atoms with E-state index in [1.807, 2.05) is 24.3 Å². The number of carboxylic acid groups (broad SMARTS) is 2. The molecule has 3 aromatic rings. The first-order chi connectivity index (χ1) is 16.1. The van der Waals surface area contributed by atoms with Crippen molar-refractivity contribution >= 4 is 38.6 Å². The zero-order valence-electron chi connectivity index (χ0n) is 17.8. The van der Waals surface area contributed by atoms with Crippen molar-refractivity contribution < 1.29 is 37.4 Å². The van der Waals surface area contributed by atoms with E-state index in [1.165, 1.54) is 28.6 Å². The Morgan fingerprint density at radius 2 is 1.32 bits per heavy atom. The molecule has 1 amide bonds. The second-order valence-corrected chi connectivity index (χ2v) is 9.26. The van der Waals surface area contributed by atoms with E-state index in [-0.39, 0.29) is 23.9 Å². The third kappa shape index (κ3) is 5.74. The van der Waals surface area contributed by atoms with Crippen LogP contribution in [-0.2, 0) is 19.6 Å². The van der Waals surface area contributed by atoms with Gasteiger partial charge in [0, 0.05) is 31.7 Å². The summed E-state index contributed by atoms with van der Waals surface area (Å²) < 4.78 is 40.4. The zero-order chi connectivity index (χ0) is 24.9. The van der Waals surface area contributed by atoms with Crippen LogP contribution in [0.15, 0.2) is 71.6 Å². The highest BCUT2D eigenvalue weighted by Gasteiger charge is 2.30. The summed E-state index contributed by atoms with van der Waals surface area (Å²) in [5.41, 5.74) is 0.396. The van der Waals surface area contributed by atoms with Crippen molar-refractivity contribution in [2.24, 2.45) is 0 Å². The van der Waals surface area contributed by atoms with E-state index in [2.05, 4.69) is 0 Å². The van der Waals surface area contributed by atoms with Crippen LogP contribution < -0.4 is 0 Å². The Balaban J connectivity index is 0.000000481. The fourth-order valence-electron chi connectivity index (χ4n) is 3.38. The van der Waals surface area contributed by atoms with Gasteiger partial charge in [-0.15, -0.1) is 0 Å². The normalized spacial score (nSPS) is 14.2. The largest absolute Gasteiger partial charge is 0.473 e. The van der Waals surface area contributed by atoms with Crippen LogP contribution in [0.5, 0.6) is 0 Å². The summed E-state index contributed by atoms with van der Waals surface area (Å²) >= 11 is 0. The summed E-state index contributed by atoms with van der Waals surface area (Å²) in [4.78, 5) is 32.6. The van der Waals surface area contributed by atoms with Gasteiger partial charge in [0.05, 0.1) is 4.90 Å². The molecule has 1 aliphatic heterocycles. The lowest BCUT2D eigenvalue weighted by atomic mass is 10.1. The standard InChI is InChI=1S/C21H19FN2O3S.C2H2O4/c22-19-8-5-17(6-9-19)21(25)23-11-13-24(14-12-23)28(26,27)20-10-7-16-3-1-2-4-18(16)15-20;3-1(4)2(5)6/h1-10,15H,11-14H2;(H,3,4)(H,5,6). The molecule has 0 bridgehead atoms. The van der Waals surface area contributed by atoms with Crippen molar-refractivity contribution in [2.45, 2.75) is 4.90 Å². The van der Waals surface area contributed by atoms with Gasteiger partial charge in [-0.05, 0) is 47.2 Å². The number of amides is 1. The van der Waals surface area contributed by atoms with Gasteiger partial charge >= 0.3 is 11.9 Å². The first kappa shape index (κ1) is 24.8. The molecule has 0 saturated carbocycles. The Morgan fingerprint density at radius 3 is 1.88 bits per heavy atom. The Kier molecular flexibility index (Phi) is 7.59. The number of halogens is 1. The predicted octanol–water partition coefficient (Wildman–Crippen LogP) is 2.28. The molecule has 0 radical (unpaired) electrons. The topological polar surface area (TPSA) is 132 Å². The van der Waals surface area contributed by atoms with Crippen LogP contribution in [0, 0.1) is 5.82 Å². The number of hydrogen-bond acceptors (Lipinski definition) is 5. The third-order valence-corrected chi connectivity index (χ3v) is 7.05. The molecular formula is C23H21FN2O7S. The first-order valence-electron chi connectivity index (χ1n) is 10.1. The van der Waals surface area contributed by atoms with Gasteiger partial charge in [0.25, 0.3) is 5.91 Å². The lowest BCUT2D eigenvalue weighted by Crippen LogP contribution is -2.50. The number of aliphatic carboxylic acids is 2. The lowest BCUT2D eigenvalue weighted by molar-refractivity contribution is -0.159. The van der Waals surface area contributed by atoms with E-state index in [0.29, 0.717) is 18.7 Å². The monoisotopic (exact) mass is 488 g/mol. The molecule has 11 heteroatoms. The fourth-order valence-corrected chi connectivity index (χ4v) is 4.84. The minimum atomic E-state index is -3.63. The number of carboxylic acids is 2. The van der Waals surface area contributed by atoms with E-state index < -0.39 is 27.8 Å². The van der Waals surface area contributed by atoms with Crippen molar-refractivity contribution in [3.63, 3.8) is 0 Å². The number of fused-ring (bicyclic) bond motifs is 1. The molecule has 2 N–H and O–H groups in total. The number of piperazine rings is 1. The zero-order valence-corrected chi connectivity index (χ0v) is 18.6. The summed E-state index contributed by atoms with van der Waals surface area (Å²) in [5.74, 6) is -4.27. The van der Waals surface area contributed by atoms with Gasteiger partial charge < -0.3 is 15.1 Å². The molecular weight excluding hydrogens is 467 g/mol. The predicted molar refractivity (Wildman–Crippen MR) is 120 cm³/mol. The molecule has 178 valence electrons. The number of carbonyl (C=O) groups is 3. The quantitative estimate of drug-likeness (QED) is 0.541. The van der Waals surface area contributed by atoms with Gasteiger partial charge in [0.15, 0.2) is 0 Å². The maximum atomic E-state index is 13.0. The second kappa shape index (κ2) is 10.4. The van der Waals surface area contributed by atoms with Gasteiger partial charge in [-0.25, -0.2) is 22.4 Å². The molecule has 0 aliphatic carbocycles. The molecule has 1 heterocycles. The SMILES string of the molecule is O=C(O)C(=O)O.O=C(c1ccc(F)cc1)N1CCN(S(=O)(=O)c2ccc3ccccc3c2)CC1. The lowest BCUT2D eigenvalue weighted by Gasteiger charge is -2.34. The number of benzene rings is 3. The average Bonchev–Trinajstić information content (AvgIpc) is 2.84. The Hall–Kier alpha value is -3.83. The summed E-state index contributed by atoms with van der Waals surface area (Å²) in [5, 5.41) is 16.6. The molecule has 0 atom stereocenters. The number of rotatable bonds is 3. The second-order valence-electron chi connectivity index (χ2n) is 7.32. The molecule has 3 aromatic carbocycles. The molecule has 34 heavy (non-hydrogen) atoms. The minimum absolute atomic E-state index is 0.220. The van der Waals surface area contributed by atoms with Gasteiger partial charge in [0.2, 0.25) is 10.0 Å². The summed E-state index contributed by atoms with van der Waals surface area (Å²) in [6.07, 6.45) is 0. The Labute approximate surface area is 194 Å². The smallest absolute Gasteiger partial charge is 0.414 e. The van der Waals surface area contributed by atoms with Crippen molar-refractivity contribution in [3.05, 3.63) is 78.1 Å². The molecule has 0 spiro atoms. The minimum Gasteiger partial charge on any atom is -0.473 e. The van der Waals surface area contributed by atoms with E-state index in [1.54, 1.807) is 23.1 Å². The Morgan fingerprint density at radius 1 is 0.765 bits per heavy atom. The van der Waals surface area contributed by atoms with Gasteiger partial charge in [0.1, 0.15) is 5.82 Å². The Bertz CT molecular complexity index is 1310. The van der Waals surface area contributed by atoms with Gasteiger partial charge in [-0.3, -0.25) is 4.79 Å². The number of carbonyl (C=O) groups excluding carboxylic acids is 1. The van der Waals surface area contributed by atoms with E-state index in [0.717, 1.165) is 10.8 Å². The number of nitrogens with zero attached hydrogens (tertiary/aromatic N) is 2. The van der Waals surface area contributed by atoms with Crippen molar-refractivity contribution in [1.82, 2.24) is 9.21 Å². The van der Waals surface area contributed by atoms with E-state index in [4.69, 9.17) is 19.8 Å². The maximum Gasteiger partial charge on any atom is 0.414 e. The first-order valence-corrected chi connectivity index (χ1v) is 11.5. The van der Waals surface area contributed by atoms with Crippen LogP contribution in [0.4, 0.5) is 4.39 Å². The number of hydrogen-bond donors (Lipinski definition) is 2. The highest BCUT2D eigenvalue weighted by Crippen LogP contribution is 2.23. The van der Waals surface area contributed by atoms with Crippen molar-refractivity contribution in [2.75, 3.05) is 26.2 Å². The van der Waals surface area contributed by atoms with E-state index >= 15 is 0 Å². The molecule has 4 rings (SSSR count). The van der Waals surface area contributed by atoms with Crippen LogP contribution in [0.2, 0.25) is 0 Å². The van der Waals surface area contributed by atoms with E-state index in [9.17, 15) is 17.6 Å². The molecule has 1 saturated heterocycles. The van der Waals surface area contributed by atoms with Gasteiger partial charge in [-0.2, -0.15) is 4.31 Å². The van der Waals surface area contributed by atoms with Crippen LogP contribution in [0.25, 0.3) is 10.8 Å². The summed E-state index contributed by atoms with van der Waals surface area (Å²) in [7, 11) is -3.63. The van der Waals surface area contributed by atoms with Crippen LogP contribution in [0.3, 0.4) is 0 Å². The molecule has 1 fully saturated rings. The average molecular weight is 488 g/mol. The molecule has 1 aliphatic rings. The van der Waals surface area contributed by atoms with Crippen LogP contribution >= 0.6 is 0 Å².